The second kappa shape index (κ2) is 9.73. The topological polar surface area (TPSA) is 77.2 Å². The molecule has 0 amide bonds. The predicted molar refractivity (Wildman–Crippen MR) is 114 cm³/mol. The van der Waals surface area contributed by atoms with Crippen molar-refractivity contribution in [2.75, 3.05) is 13.1 Å². The SMILES string of the molecule is CC(NCCN[C@H](CC(=O)O)Cc1c[nH]c2ccccc12)c1ccccc1Cl. The number of carboxylic acids is 1. The molecule has 0 spiro atoms. The van der Waals surface area contributed by atoms with Gasteiger partial charge in [-0.1, -0.05) is 48.0 Å². The first kappa shape index (κ1) is 20.4. The van der Waals surface area contributed by atoms with Crippen LogP contribution in [0.15, 0.2) is 54.7 Å². The second-order valence-electron chi connectivity index (χ2n) is 7.01. The predicted octanol–water partition coefficient (Wildman–Crippen LogP) is 4.15. The van der Waals surface area contributed by atoms with Crippen molar-refractivity contribution in [2.24, 2.45) is 0 Å². The Labute approximate surface area is 170 Å². The van der Waals surface area contributed by atoms with Crippen LogP contribution in [0.3, 0.4) is 0 Å². The fraction of sp³-hybridized carbons (Fsp3) is 0.318. The van der Waals surface area contributed by atoms with Crippen molar-refractivity contribution < 1.29 is 9.90 Å². The molecule has 5 nitrogen and oxygen atoms in total. The van der Waals surface area contributed by atoms with Crippen LogP contribution < -0.4 is 10.6 Å². The first-order chi connectivity index (χ1) is 13.5. The Morgan fingerprint density at radius 3 is 2.61 bits per heavy atom. The highest BCUT2D eigenvalue weighted by Crippen LogP contribution is 2.22. The molecule has 0 aliphatic carbocycles. The minimum absolute atomic E-state index is 0.0829. The lowest BCUT2D eigenvalue weighted by Gasteiger charge is -2.19. The lowest BCUT2D eigenvalue weighted by Crippen LogP contribution is -2.38. The van der Waals surface area contributed by atoms with Gasteiger partial charge in [-0.3, -0.25) is 4.79 Å². The molecule has 4 N–H and O–H groups in total. The van der Waals surface area contributed by atoms with Gasteiger partial charge in [0, 0.05) is 47.3 Å². The summed E-state index contributed by atoms with van der Waals surface area (Å²) in [6, 6.07) is 15.9. The van der Waals surface area contributed by atoms with Gasteiger partial charge < -0.3 is 20.7 Å². The lowest BCUT2D eigenvalue weighted by molar-refractivity contribution is -0.137. The minimum Gasteiger partial charge on any atom is -0.481 e. The van der Waals surface area contributed by atoms with E-state index in [0.717, 1.165) is 33.6 Å². The van der Waals surface area contributed by atoms with Gasteiger partial charge in [-0.25, -0.2) is 0 Å². The zero-order valence-corrected chi connectivity index (χ0v) is 16.7. The van der Waals surface area contributed by atoms with Gasteiger partial charge in [0.1, 0.15) is 0 Å². The van der Waals surface area contributed by atoms with Gasteiger partial charge in [0.15, 0.2) is 0 Å². The molecule has 0 radical (unpaired) electrons. The van der Waals surface area contributed by atoms with E-state index in [4.69, 9.17) is 11.6 Å². The number of hydrogen-bond acceptors (Lipinski definition) is 3. The van der Waals surface area contributed by atoms with Crippen molar-refractivity contribution in [2.45, 2.75) is 31.8 Å². The summed E-state index contributed by atoms with van der Waals surface area (Å²) in [5.41, 5.74) is 3.26. The van der Waals surface area contributed by atoms with Crippen molar-refractivity contribution in [3.8, 4) is 0 Å². The van der Waals surface area contributed by atoms with Crippen LogP contribution in [0, 0.1) is 0 Å². The number of carboxylic acid groups (broad SMARTS) is 1. The van der Waals surface area contributed by atoms with Crippen LogP contribution in [0.25, 0.3) is 10.9 Å². The Kier molecular flexibility index (Phi) is 7.09. The maximum atomic E-state index is 11.3. The molecular formula is C22H26ClN3O2. The van der Waals surface area contributed by atoms with E-state index in [1.165, 1.54) is 0 Å². The number of fused-ring (bicyclic) bond motifs is 1. The third-order valence-corrected chi connectivity index (χ3v) is 5.29. The van der Waals surface area contributed by atoms with Gasteiger partial charge in [-0.2, -0.15) is 0 Å². The highest BCUT2D eigenvalue weighted by Gasteiger charge is 2.16. The van der Waals surface area contributed by atoms with E-state index in [-0.39, 0.29) is 18.5 Å². The Bertz CT molecular complexity index is 925. The molecule has 3 rings (SSSR count). The molecular weight excluding hydrogens is 374 g/mol. The molecule has 0 saturated heterocycles. The fourth-order valence-corrected chi connectivity index (χ4v) is 3.79. The van der Waals surface area contributed by atoms with Crippen LogP contribution >= 0.6 is 11.6 Å². The van der Waals surface area contributed by atoms with Crippen LogP contribution in [-0.4, -0.2) is 35.2 Å². The number of H-pyrrole nitrogens is 1. The fourth-order valence-electron chi connectivity index (χ4n) is 3.49. The zero-order chi connectivity index (χ0) is 19.9. The summed E-state index contributed by atoms with van der Waals surface area (Å²) in [6.45, 7) is 3.47. The quantitative estimate of drug-likeness (QED) is 0.386. The third kappa shape index (κ3) is 5.35. The Balaban J connectivity index is 1.54. The van der Waals surface area contributed by atoms with Crippen LogP contribution in [0.4, 0.5) is 0 Å². The molecule has 1 heterocycles. The molecule has 0 fully saturated rings. The maximum absolute atomic E-state index is 11.3. The van der Waals surface area contributed by atoms with Gasteiger partial charge in [-0.15, -0.1) is 0 Å². The summed E-state index contributed by atoms with van der Waals surface area (Å²) >= 11 is 6.24. The molecule has 0 aliphatic heterocycles. The number of hydrogen-bond donors (Lipinski definition) is 4. The van der Waals surface area contributed by atoms with Gasteiger partial charge in [0.2, 0.25) is 0 Å². The smallest absolute Gasteiger partial charge is 0.304 e. The van der Waals surface area contributed by atoms with Crippen molar-refractivity contribution in [3.63, 3.8) is 0 Å². The average Bonchev–Trinajstić information content (AvgIpc) is 3.08. The first-order valence-corrected chi connectivity index (χ1v) is 9.90. The molecule has 3 aromatic rings. The summed E-state index contributed by atoms with van der Waals surface area (Å²) in [5.74, 6) is -0.797. The monoisotopic (exact) mass is 399 g/mol. The molecule has 0 saturated carbocycles. The minimum atomic E-state index is -0.797. The van der Waals surface area contributed by atoms with E-state index >= 15 is 0 Å². The number of benzene rings is 2. The highest BCUT2D eigenvalue weighted by atomic mass is 35.5. The molecule has 2 aromatic carbocycles. The Morgan fingerprint density at radius 2 is 1.82 bits per heavy atom. The number of nitrogens with one attached hydrogen (secondary N) is 3. The molecule has 1 aromatic heterocycles. The number of aromatic amines is 1. The third-order valence-electron chi connectivity index (χ3n) is 4.94. The van der Waals surface area contributed by atoms with Crippen molar-refractivity contribution in [3.05, 3.63) is 70.9 Å². The van der Waals surface area contributed by atoms with E-state index in [9.17, 15) is 9.90 Å². The average molecular weight is 400 g/mol. The zero-order valence-electron chi connectivity index (χ0n) is 15.9. The molecule has 2 atom stereocenters. The number of para-hydroxylation sites is 1. The maximum Gasteiger partial charge on any atom is 0.304 e. The number of aromatic nitrogens is 1. The molecule has 6 heteroatoms. The molecule has 148 valence electrons. The second-order valence-corrected chi connectivity index (χ2v) is 7.42. The van der Waals surface area contributed by atoms with Gasteiger partial charge in [0.05, 0.1) is 6.42 Å². The van der Waals surface area contributed by atoms with Crippen LogP contribution in [0.5, 0.6) is 0 Å². The van der Waals surface area contributed by atoms with E-state index in [1.54, 1.807) is 0 Å². The number of rotatable bonds is 10. The van der Waals surface area contributed by atoms with Gasteiger partial charge in [0.25, 0.3) is 0 Å². The van der Waals surface area contributed by atoms with Crippen molar-refractivity contribution >= 4 is 28.5 Å². The lowest BCUT2D eigenvalue weighted by atomic mass is 10.0. The summed E-state index contributed by atoms with van der Waals surface area (Å²) in [6.07, 6.45) is 2.72. The standard InChI is InChI=1S/C22H26ClN3O2/c1-15(18-6-2-4-8-20(18)23)24-10-11-25-17(13-22(27)28)12-16-14-26-21-9-5-3-7-19(16)21/h2-9,14-15,17,24-26H,10-13H2,1H3,(H,27,28)/t15?,17-/m0/s1. The van der Waals surface area contributed by atoms with Crippen LogP contribution in [-0.2, 0) is 11.2 Å². The Morgan fingerprint density at radius 1 is 1.11 bits per heavy atom. The van der Waals surface area contributed by atoms with Gasteiger partial charge >= 0.3 is 5.97 Å². The molecule has 28 heavy (non-hydrogen) atoms. The Hall–Kier alpha value is -2.34. The number of halogens is 1. The summed E-state index contributed by atoms with van der Waals surface area (Å²) < 4.78 is 0. The van der Waals surface area contributed by atoms with Crippen molar-refractivity contribution in [1.29, 1.82) is 0 Å². The highest BCUT2D eigenvalue weighted by molar-refractivity contribution is 6.31. The first-order valence-electron chi connectivity index (χ1n) is 9.52. The molecule has 0 bridgehead atoms. The summed E-state index contributed by atoms with van der Waals surface area (Å²) in [5, 5.41) is 18.0. The van der Waals surface area contributed by atoms with Crippen molar-refractivity contribution in [1.82, 2.24) is 15.6 Å². The largest absolute Gasteiger partial charge is 0.481 e. The normalized spacial score (nSPS) is 13.5. The van der Waals surface area contributed by atoms with Gasteiger partial charge in [-0.05, 0) is 36.6 Å². The molecule has 1 unspecified atom stereocenters. The summed E-state index contributed by atoms with van der Waals surface area (Å²) in [7, 11) is 0. The molecule has 0 aliphatic rings. The number of carbonyl (C=O) groups is 1. The van der Waals surface area contributed by atoms with E-state index < -0.39 is 5.97 Å². The van der Waals surface area contributed by atoms with Crippen LogP contribution in [0.2, 0.25) is 5.02 Å². The van der Waals surface area contributed by atoms with Crippen LogP contribution in [0.1, 0.15) is 30.5 Å². The number of aliphatic carboxylic acids is 1. The summed E-state index contributed by atoms with van der Waals surface area (Å²) in [4.78, 5) is 14.5. The van der Waals surface area contributed by atoms with E-state index in [0.29, 0.717) is 13.0 Å². The van der Waals surface area contributed by atoms with E-state index in [1.807, 2.05) is 48.7 Å². The van der Waals surface area contributed by atoms with E-state index in [2.05, 4.69) is 28.6 Å².